The highest BCUT2D eigenvalue weighted by Gasteiger charge is 2.29. The number of ether oxygens (including phenoxy) is 1. The third kappa shape index (κ3) is 5.05. The van der Waals surface area contributed by atoms with Gasteiger partial charge in [-0.2, -0.15) is 0 Å². The van der Waals surface area contributed by atoms with Gasteiger partial charge in [0.25, 0.3) is 0 Å². The number of rotatable bonds is 8. The van der Waals surface area contributed by atoms with E-state index in [2.05, 4.69) is 10.3 Å². The molecular formula is C22H25ClN4O4S. The molecule has 0 saturated heterocycles. The Kier molecular flexibility index (Phi) is 7.10. The van der Waals surface area contributed by atoms with Gasteiger partial charge in [-0.3, -0.25) is 9.10 Å². The summed E-state index contributed by atoms with van der Waals surface area (Å²) in [6.07, 6.45) is 4.60. The molecule has 0 bridgehead atoms. The minimum Gasteiger partial charge on any atom is -0.495 e. The Morgan fingerprint density at radius 1 is 1.28 bits per heavy atom. The fourth-order valence-electron chi connectivity index (χ4n) is 3.46. The van der Waals surface area contributed by atoms with E-state index in [1.807, 2.05) is 42.0 Å². The van der Waals surface area contributed by atoms with Crippen molar-refractivity contribution in [1.29, 1.82) is 0 Å². The second kappa shape index (κ2) is 9.62. The smallest absolute Gasteiger partial charge is 0.243 e. The Labute approximate surface area is 192 Å². The van der Waals surface area contributed by atoms with Crippen LogP contribution >= 0.6 is 11.6 Å². The molecule has 1 amide bonds. The first kappa shape index (κ1) is 23.6. The third-order valence-corrected chi connectivity index (χ3v) is 6.55. The number of aryl methyl sites for hydroxylation is 1. The summed E-state index contributed by atoms with van der Waals surface area (Å²) in [7, 11) is -2.30. The highest BCUT2D eigenvalue weighted by Crippen LogP contribution is 2.31. The maximum atomic E-state index is 13.0. The van der Waals surface area contributed by atoms with Gasteiger partial charge in [0.15, 0.2) is 0 Å². The van der Waals surface area contributed by atoms with Crippen molar-refractivity contribution in [3.05, 3.63) is 71.3 Å². The zero-order valence-corrected chi connectivity index (χ0v) is 19.8. The van der Waals surface area contributed by atoms with Gasteiger partial charge >= 0.3 is 0 Å². The zero-order chi connectivity index (χ0) is 23.5. The maximum absolute atomic E-state index is 13.0. The van der Waals surface area contributed by atoms with Gasteiger partial charge in [0, 0.05) is 18.9 Å². The zero-order valence-electron chi connectivity index (χ0n) is 18.2. The molecule has 2 aromatic carbocycles. The third-order valence-electron chi connectivity index (χ3n) is 5.01. The van der Waals surface area contributed by atoms with Gasteiger partial charge in [0.1, 0.15) is 17.6 Å². The molecule has 32 heavy (non-hydrogen) atoms. The quantitative estimate of drug-likeness (QED) is 0.538. The van der Waals surface area contributed by atoms with Crippen LogP contribution in [0.25, 0.3) is 5.69 Å². The minimum atomic E-state index is -3.77. The number of benzene rings is 2. The first-order valence-corrected chi connectivity index (χ1v) is 12.0. The van der Waals surface area contributed by atoms with Gasteiger partial charge in [-0.15, -0.1) is 0 Å². The van der Waals surface area contributed by atoms with Crippen LogP contribution in [0.1, 0.15) is 18.3 Å². The van der Waals surface area contributed by atoms with Crippen LogP contribution in [0.4, 0.5) is 5.69 Å². The van der Waals surface area contributed by atoms with E-state index in [0.29, 0.717) is 5.75 Å². The van der Waals surface area contributed by atoms with Crippen molar-refractivity contribution in [1.82, 2.24) is 14.9 Å². The Morgan fingerprint density at radius 3 is 2.59 bits per heavy atom. The Balaban J connectivity index is 1.83. The number of imidazole rings is 1. The SMILES string of the molecule is COc1ccc(N([C@@H](C)C(=O)NCc2ccccc2-n2ccnc2C)S(C)(=O)=O)cc1Cl. The number of halogens is 1. The van der Waals surface area contributed by atoms with Gasteiger partial charge in [0.2, 0.25) is 15.9 Å². The summed E-state index contributed by atoms with van der Waals surface area (Å²) >= 11 is 6.17. The molecule has 1 aromatic heterocycles. The van der Waals surface area contributed by atoms with Crippen LogP contribution in [0.3, 0.4) is 0 Å². The van der Waals surface area contributed by atoms with E-state index >= 15 is 0 Å². The molecule has 1 atom stereocenters. The predicted octanol–water partition coefficient (Wildman–Crippen LogP) is 3.31. The number of anilines is 1. The number of carbonyl (C=O) groups excluding carboxylic acids is 1. The molecule has 0 aliphatic heterocycles. The lowest BCUT2D eigenvalue weighted by molar-refractivity contribution is -0.122. The second-order valence-electron chi connectivity index (χ2n) is 7.24. The molecule has 3 rings (SSSR count). The number of aromatic nitrogens is 2. The number of nitrogens with one attached hydrogen (secondary N) is 1. The number of hydrogen-bond acceptors (Lipinski definition) is 5. The largest absolute Gasteiger partial charge is 0.495 e. The summed E-state index contributed by atoms with van der Waals surface area (Å²) in [6, 6.07) is 11.2. The molecule has 3 aromatic rings. The van der Waals surface area contributed by atoms with Gasteiger partial charge in [-0.1, -0.05) is 29.8 Å². The van der Waals surface area contributed by atoms with Gasteiger partial charge < -0.3 is 14.6 Å². The molecule has 0 aliphatic carbocycles. The highest BCUT2D eigenvalue weighted by atomic mass is 35.5. The Morgan fingerprint density at radius 2 is 2.00 bits per heavy atom. The normalized spacial score (nSPS) is 12.3. The van der Waals surface area contributed by atoms with Gasteiger partial charge in [0.05, 0.1) is 29.8 Å². The summed E-state index contributed by atoms with van der Waals surface area (Å²) < 4.78 is 33.1. The van der Waals surface area contributed by atoms with Crippen molar-refractivity contribution in [2.45, 2.75) is 26.4 Å². The van der Waals surface area contributed by atoms with Crippen molar-refractivity contribution in [3.63, 3.8) is 0 Å². The molecule has 170 valence electrons. The monoisotopic (exact) mass is 476 g/mol. The molecule has 10 heteroatoms. The lowest BCUT2D eigenvalue weighted by atomic mass is 10.1. The van der Waals surface area contributed by atoms with E-state index in [1.54, 1.807) is 18.3 Å². The van der Waals surface area contributed by atoms with Crippen LogP contribution < -0.4 is 14.4 Å². The Hall–Kier alpha value is -3.04. The number of methoxy groups -OCH3 is 1. The average molecular weight is 477 g/mol. The number of sulfonamides is 1. The van der Waals surface area contributed by atoms with Crippen molar-refractivity contribution in [3.8, 4) is 11.4 Å². The summed E-state index contributed by atoms with van der Waals surface area (Å²) in [6.45, 7) is 3.64. The number of para-hydroxylation sites is 1. The minimum absolute atomic E-state index is 0.220. The molecule has 0 unspecified atom stereocenters. The van der Waals surface area contributed by atoms with E-state index in [9.17, 15) is 13.2 Å². The predicted molar refractivity (Wildman–Crippen MR) is 125 cm³/mol. The Bertz CT molecular complexity index is 1230. The summed E-state index contributed by atoms with van der Waals surface area (Å²) in [5.41, 5.74) is 2.03. The van der Waals surface area contributed by atoms with Crippen LogP contribution in [0.2, 0.25) is 5.02 Å². The highest BCUT2D eigenvalue weighted by molar-refractivity contribution is 7.92. The first-order valence-electron chi connectivity index (χ1n) is 9.82. The lowest BCUT2D eigenvalue weighted by Crippen LogP contribution is -2.47. The molecule has 0 radical (unpaired) electrons. The van der Waals surface area contributed by atoms with E-state index in [-0.39, 0.29) is 17.3 Å². The van der Waals surface area contributed by atoms with Crippen molar-refractivity contribution >= 4 is 33.2 Å². The summed E-state index contributed by atoms with van der Waals surface area (Å²) in [5, 5.41) is 3.09. The molecule has 8 nitrogen and oxygen atoms in total. The van der Waals surface area contributed by atoms with Crippen LogP contribution in [-0.4, -0.2) is 43.3 Å². The molecule has 0 saturated carbocycles. The van der Waals surface area contributed by atoms with E-state index in [1.165, 1.54) is 20.1 Å². The first-order chi connectivity index (χ1) is 15.1. The van der Waals surface area contributed by atoms with Crippen molar-refractivity contribution < 1.29 is 17.9 Å². The number of nitrogens with zero attached hydrogens (tertiary/aromatic N) is 3. The van der Waals surface area contributed by atoms with Gasteiger partial charge in [-0.25, -0.2) is 13.4 Å². The number of hydrogen-bond donors (Lipinski definition) is 1. The fourth-order valence-corrected chi connectivity index (χ4v) is 4.88. The average Bonchev–Trinajstić information content (AvgIpc) is 3.17. The van der Waals surface area contributed by atoms with Crippen LogP contribution in [0.15, 0.2) is 54.9 Å². The van der Waals surface area contributed by atoms with Crippen molar-refractivity contribution in [2.24, 2.45) is 0 Å². The summed E-state index contributed by atoms with van der Waals surface area (Å²) in [5.74, 6) is 0.781. The van der Waals surface area contributed by atoms with Crippen molar-refractivity contribution in [2.75, 3.05) is 17.7 Å². The van der Waals surface area contributed by atoms with Gasteiger partial charge in [-0.05, 0) is 43.7 Å². The van der Waals surface area contributed by atoms with E-state index in [4.69, 9.17) is 16.3 Å². The molecule has 0 aliphatic rings. The van der Waals surface area contributed by atoms with Crippen LogP contribution in [-0.2, 0) is 21.4 Å². The van der Waals surface area contributed by atoms with E-state index < -0.39 is 22.0 Å². The summed E-state index contributed by atoms with van der Waals surface area (Å²) in [4.78, 5) is 17.2. The number of carbonyl (C=O) groups is 1. The maximum Gasteiger partial charge on any atom is 0.243 e. The standard InChI is InChI=1S/C22H25ClN4O4S/c1-15(27(32(4,29)30)18-9-10-21(31-3)19(23)13-18)22(28)25-14-17-7-5-6-8-20(17)26-12-11-24-16(26)2/h5-13,15H,14H2,1-4H3,(H,25,28)/t15-/m0/s1. The molecule has 0 fully saturated rings. The lowest BCUT2D eigenvalue weighted by Gasteiger charge is -2.28. The molecule has 0 spiro atoms. The number of amides is 1. The topological polar surface area (TPSA) is 93.5 Å². The fraction of sp³-hybridized carbons (Fsp3) is 0.273. The molecule has 1 heterocycles. The molecular weight excluding hydrogens is 452 g/mol. The van der Waals surface area contributed by atoms with Crippen LogP contribution in [0.5, 0.6) is 5.75 Å². The van der Waals surface area contributed by atoms with E-state index in [0.717, 1.165) is 27.6 Å². The van der Waals surface area contributed by atoms with Crippen LogP contribution in [0, 0.1) is 6.92 Å². The second-order valence-corrected chi connectivity index (χ2v) is 9.51. The molecule has 1 N–H and O–H groups in total.